The summed E-state index contributed by atoms with van der Waals surface area (Å²) in [6.07, 6.45) is 1.72. The normalized spacial score (nSPS) is 11.8. The fourth-order valence-corrected chi connectivity index (χ4v) is 2.70. The quantitative estimate of drug-likeness (QED) is 0.852. The van der Waals surface area contributed by atoms with Crippen molar-refractivity contribution in [3.05, 3.63) is 63.3 Å². The largest absolute Gasteiger partial charge is 0.334 e. The van der Waals surface area contributed by atoms with Gasteiger partial charge in [-0.25, -0.2) is 4.79 Å². The van der Waals surface area contributed by atoms with E-state index in [-0.39, 0.29) is 12.1 Å². The Labute approximate surface area is 143 Å². The Kier molecular flexibility index (Phi) is 5.80. The van der Waals surface area contributed by atoms with Crippen molar-refractivity contribution in [3.8, 4) is 0 Å². The van der Waals surface area contributed by atoms with Gasteiger partial charge in [0.2, 0.25) is 0 Å². The molecule has 2 aromatic rings. The monoisotopic (exact) mass is 381 g/mol. The van der Waals surface area contributed by atoms with Crippen molar-refractivity contribution in [1.82, 2.24) is 15.2 Å². The molecular formula is C16H17BrClN3O. The van der Waals surface area contributed by atoms with Crippen molar-refractivity contribution < 1.29 is 4.79 Å². The number of rotatable bonds is 4. The first kappa shape index (κ1) is 16.8. The number of benzene rings is 1. The zero-order valence-electron chi connectivity index (χ0n) is 12.4. The van der Waals surface area contributed by atoms with Crippen molar-refractivity contribution in [1.29, 1.82) is 0 Å². The maximum atomic E-state index is 12.2. The van der Waals surface area contributed by atoms with Gasteiger partial charge < -0.3 is 10.2 Å². The molecule has 1 aromatic heterocycles. The molecular weight excluding hydrogens is 366 g/mol. The minimum Gasteiger partial charge on any atom is -0.334 e. The molecule has 0 aliphatic rings. The van der Waals surface area contributed by atoms with Crippen LogP contribution in [0.2, 0.25) is 5.02 Å². The molecule has 1 aromatic carbocycles. The van der Waals surface area contributed by atoms with Gasteiger partial charge in [0, 0.05) is 29.3 Å². The molecule has 1 unspecified atom stereocenters. The first-order valence-corrected chi connectivity index (χ1v) is 8.01. The molecule has 0 aliphatic heterocycles. The third kappa shape index (κ3) is 4.21. The van der Waals surface area contributed by atoms with Crippen LogP contribution in [0.3, 0.4) is 0 Å². The Hall–Kier alpha value is -1.59. The Morgan fingerprint density at radius 2 is 2.18 bits per heavy atom. The zero-order valence-corrected chi connectivity index (χ0v) is 14.7. The van der Waals surface area contributed by atoms with E-state index in [1.165, 1.54) is 0 Å². The molecule has 0 fully saturated rings. The van der Waals surface area contributed by atoms with Gasteiger partial charge in [-0.1, -0.05) is 39.7 Å². The first-order valence-electron chi connectivity index (χ1n) is 6.84. The number of hydrogen-bond acceptors (Lipinski definition) is 2. The zero-order chi connectivity index (χ0) is 16.1. The van der Waals surface area contributed by atoms with Crippen LogP contribution in [0.5, 0.6) is 0 Å². The van der Waals surface area contributed by atoms with Crippen LogP contribution in [-0.4, -0.2) is 23.0 Å². The van der Waals surface area contributed by atoms with E-state index in [9.17, 15) is 4.79 Å². The molecule has 116 valence electrons. The summed E-state index contributed by atoms with van der Waals surface area (Å²) in [6.45, 7) is 2.32. The summed E-state index contributed by atoms with van der Waals surface area (Å²) in [5, 5.41) is 3.49. The molecule has 1 heterocycles. The van der Waals surface area contributed by atoms with Gasteiger partial charge >= 0.3 is 6.03 Å². The number of carbonyl (C=O) groups excluding carboxylic acids is 1. The van der Waals surface area contributed by atoms with Crippen LogP contribution in [0, 0.1) is 0 Å². The lowest BCUT2D eigenvalue weighted by Gasteiger charge is -2.24. The van der Waals surface area contributed by atoms with Crippen molar-refractivity contribution in [2.75, 3.05) is 7.05 Å². The van der Waals surface area contributed by atoms with Crippen molar-refractivity contribution in [2.45, 2.75) is 19.5 Å². The third-order valence-electron chi connectivity index (χ3n) is 3.46. The van der Waals surface area contributed by atoms with E-state index in [2.05, 4.69) is 26.2 Å². The second kappa shape index (κ2) is 7.61. The highest BCUT2D eigenvalue weighted by Gasteiger charge is 2.18. The average Bonchev–Trinajstić information content (AvgIpc) is 2.53. The van der Waals surface area contributed by atoms with Crippen molar-refractivity contribution in [3.63, 3.8) is 0 Å². The predicted octanol–water partition coefficient (Wildman–Crippen LogP) is 4.40. The van der Waals surface area contributed by atoms with Gasteiger partial charge in [-0.2, -0.15) is 0 Å². The van der Waals surface area contributed by atoms with Gasteiger partial charge in [0.05, 0.1) is 11.7 Å². The number of aromatic nitrogens is 1. The van der Waals surface area contributed by atoms with E-state index in [0.29, 0.717) is 11.6 Å². The van der Waals surface area contributed by atoms with Crippen LogP contribution in [0.1, 0.15) is 24.2 Å². The second-order valence-electron chi connectivity index (χ2n) is 4.94. The van der Waals surface area contributed by atoms with E-state index in [0.717, 1.165) is 15.7 Å². The standard InChI is InChI=1S/C16H17BrClN3O/c1-11(15-5-3-4-8-19-15)21(2)16(22)20-10-12-6-7-13(17)9-14(12)18/h3-9,11H,10H2,1-2H3,(H,20,22). The maximum Gasteiger partial charge on any atom is 0.317 e. The first-order chi connectivity index (χ1) is 10.5. The van der Waals surface area contributed by atoms with Gasteiger partial charge in [0.15, 0.2) is 0 Å². The van der Waals surface area contributed by atoms with Gasteiger partial charge in [0.1, 0.15) is 0 Å². The Balaban J connectivity index is 1.97. The average molecular weight is 383 g/mol. The SMILES string of the molecule is CC(c1ccccn1)N(C)C(=O)NCc1ccc(Br)cc1Cl. The number of carbonyl (C=O) groups is 1. The second-order valence-corrected chi connectivity index (χ2v) is 6.26. The molecule has 4 nitrogen and oxygen atoms in total. The van der Waals surface area contributed by atoms with E-state index in [1.807, 2.05) is 43.3 Å². The van der Waals surface area contributed by atoms with Crippen LogP contribution in [-0.2, 0) is 6.54 Å². The number of urea groups is 1. The lowest BCUT2D eigenvalue weighted by atomic mass is 10.2. The third-order valence-corrected chi connectivity index (χ3v) is 4.31. The van der Waals surface area contributed by atoms with E-state index < -0.39 is 0 Å². The van der Waals surface area contributed by atoms with Crippen LogP contribution in [0.25, 0.3) is 0 Å². The van der Waals surface area contributed by atoms with Crippen LogP contribution < -0.4 is 5.32 Å². The molecule has 0 bridgehead atoms. The number of hydrogen-bond donors (Lipinski definition) is 1. The number of amides is 2. The summed E-state index contributed by atoms with van der Waals surface area (Å²) in [7, 11) is 1.75. The summed E-state index contributed by atoms with van der Waals surface area (Å²) in [4.78, 5) is 18.1. The van der Waals surface area contributed by atoms with Crippen LogP contribution >= 0.6 is 27.5 Å². The summed E-state index contributed by atoms with van der Waals surface area (Å²) in [5.41, 5.74) is 1.72. The molecule has 2 rings (SSSR count). The lowest BCUT2D eigenvalue weighted by Crippen LogP contribution is -2.38. The number of halogens is 2. The van der Waals surface area contributed by atoms with Crippen LogP contribution in [0.4, 0.5) is 4.79 Å². The van der Waals surface area contributed by atoms with Crippen molar-refractivity contribution >= 4 is 33.6 Å². The number of nitrogens with zero attached hydrogens (tertiary/aromatic N) is 2. The molecule has 0 radical (unpaired) electrons. The molecule has 1 atom stereocenters. The molecule has 0 spiro atoms. The molecule has 22 heavy (non-hydrogen) atoms. The van der Waals surface area contributed by atoms with Gasteiger partial charge in [-0.05, 0) is 36.8 Å². The smallest absolute Gasteiger partial charge is 0.317 e. The lowest BCUT2D eigenvalue weighted by molar-refractivity contribution is 0.193. The van der Waals surface area contributed by atoms with Crippen molar-refractivity contribution in [2.24, 2.45) is 0 Å². The molecule has 0 aliphatic carbocycles. The minimum atomic E-state index is -0.169. The summed E-state index contributed by atoms with van der Waals surface area (Å²) in [6, 6.07) is 11.0. The van der Waals surface area contributed by atoms with Crippen LogP contribution in [0.15, 0.2) is 47.1 Å². The molecule has 0 saturated heterocycles. The molecule has 6 heteroatoms. The maximum absolute atomic E-state index is 12.2. The Morgan fingerprint density at radius 3 is 2.82 bits per heavy atom. The predicted molar refractivity (Wildman–Crippen MR) is 91.8 cm³/mol. The van der Waals surface area contributed by atoms with Gasteiger partial charge in [0.25, 0.3) is 0 Å². The fraction of sp³-hybridized carbons (Fsp3) is 0.250. The van der Waals surface area contributed by atoms with E-state index in [4.69, 9.17) is 11.6 Å². The van der Waals surface area contributed by atoms with Gasteiger partial charge in [-0.15, -0.1) is 0 Å². The van der Waals surface area contributed by atoms with Gasteiger partial charge in [-0.3, -0.25) is 4.98 Å². The highest BCUT2D eigenvalue weighted by molar-refractivity contribution is 9.10. The fourth-order valence-electron chi connectivity index (χ4n) is 1.96. The number of nitrogens with one attached hydrogen (secondary N) is 1. The molecule has 0 saturated carbocycles. The van der Waals surface area contributed by atoms with E-state index >= 15 is 0 Å². The Bertz CT molecular complexity index is 651. The highest BCUT2D eigenvalue weighted by Crippen LogP contribution is 2.21. The minimum absolute atomic E-state index is 0.110. The Morgan fingerprint density at radius 1 is 1.41 bits per heavy atom. The summed E-state index contributed by atoms with van der Waals surface area (Å²) in [5.74, 6) is 0. The highest BCUT2D eigenvalue weighted by atomic mass is 79.9. The van der Waals surface area contributed by atoms with E-state index in [1.54, 1.807) is 18.1 Å². The molecule has 2 amide bonds. The summed E-state index contributed by atoms with van der Waals surface area (Å²) < 4.78 is 0.911. The summed E-state index contributed by atoms with van der Waals surface area (Å²) >= 11 is 9.50. The number of pyridine rings is 1. The topological polar surface area (TPSA) is 45.2 Å². The molecule has 1 N–H and O–H groups in total.